The second-order valence-corrected chi connectivity index (χ2v) is 12.6. The first kappa shape index (κ1) is 31.7. The van der Waals surface area contributed by atoms with E-state index in [-0.39, 0.29) is 17.5 Å². The van der Waals surface area contributed by atoms with Crippen molar-refractivity contribution in [1.82, 2.24) is 29.7 Å². The number of halogens is 1. The molecule has 11 nitrogen and oxygen atoms in total. The zero-order chi connectivity index (χ0) is 32.6. The van der Waals surface area contributed by atoms with E-state index in [4.69, 9.17) is 9.47 Å². The maximum atomic E-state index is 14.8. The van der Waals surface area contributed by atoms with Crippen molar-refractivity contribution in [2.24, 2.45) is 7.05 Å². The van der Waals surface area contributed by atoms with Crippen LogP contribution in [0.25, 0.3) is 11.3 Å². The fourth-order valence-corrected chi connectivity index (χ4v) is 5.50. The summed E-state index contributed by atoms with van der Waals surface area (Å²) in [6.07, 6.45) is 2.35. The number of likely N-dealkylation sites (tertiary alicyclic amines) is 1. The molecule has 0 radical (unpaired) electrons. The Morgan fingerprint density at radius 2 is 1.76 bits per heavy atom. The number of hydrogen-bond acceptors (Lipinski definition) is 7. The summed E-state index contributed by atoms with van der Waals surface area (Å²) in [6, 6.07) is 8.28. The first-order valence-corrected chi connectivity index (χ1v) is 15.0. The van der Waals surface area contributed by atoms with Crippen LogP contribution in [0.1, 0.15) is 72.4 Å². The number of piperidine rings is 1. The van der Waals surface area contributed by atoms with Gasteiger partial charge < -0.3 is 14.4 Å². The fourth-order valence-electron chi connectivity index (χ4n) is 5.50. The third kappa shape index (κ3) is 7.00. The van der Waals surface area contributed by atoms with E-state index >= 15 is 0 Å². The molecule has 0 aliphatic carbocycles. The minimum absolute atomic E-state index is 0.0231. The molecule has 1 saturated heterocycles. The summed E-state index contributed by atoms with van der Waals surface area (Å²) in [5.74, 6) is 0.497. The van der Waals surface area contributed by atoms with Crippen LogP contribution in [0.2, 0.25) is 0 Å². The molecule has 0 atom stereocenters. The third-order valence-corrected chi connectivity index (χ3v) is 7.88. The second-order valence-electron chi connectivity index (χ2n) is 12.6. The summed E-state index contributed by atoms with van der Waals surface area (Å²) in [5.41, 5.74) is 4.52. The minimum atomic E-state index is -0.664. The minimum Gasteiger partial charge on any atom is -0.444 e. The highest BCUT2D eigenvalue weighted by molar-refractivity contribution is 5.97. The lowest BCUT2D eigenvalue weighted by molar-refractivity contribution is 0.0634. The summed E-state index contributed by atoms with van der Waals surface area (Å²) in [7, 11) is 1.78. The SMILES string of the molecule is Cc1cc(C)c(C)c(Oc2c(C(=O)N3CCC(n4cc(-c5cc(NC(=O)OC(C)(C)C)ccc5F)nn4)CC3)c(C)nn2C)c1. The molecule has 0 saturated carbocycles. The molecule has 1 aliphatic rings. The monoisotopic (exact) mass is 617 g/mol. The maximum Gasteiger partial charge on any atom is 0.412 e. The number of aryl methyl sites for hydroxylation is 4. The van der Waals surface area contributed by atoms with Crippen LogP contribution in [0.3, 0.4) is 0 Å². The quantitative estimate of drug-likeness (QED) is 0.257. The smallest absolute Gasteiger partial charge is 0.412 e. The van der Waals surface area contributed by atoms with E-state index in [0.29, 0.717) is 60.2 Å². The predicted octanol–water partition coefficient (Wildman–Crippen LogP) is 6.67. The lowest BCUT2D eigenvalue weighted by atomic mass is 10.0. The second kappa shape index (κ2) is 12.3. The number of anilines is 1. The lowest BCUT2D eigenvalue weighted by Crippen LogP contribution is -2.39. The van der Waals surface area contributed by atoms with Crippen LogP contribution in [-0.2, 0) is 11.8 Å². The summed E-state index contributed by atoms with van der Waals surface area (Å²) < 4.78 is 29.8. The van der Waals surface area contributed by atoms with E-state index in [1.54, 1.807) is 43.4 Å². The van der Waals surface area contributed by atoms with Gasteiger partial charge in [-0.15, -0.1) is 5.10 Å². The van der Waals surface area contributed by atoms with E-state index in [0.717, 1.165) is 16.7 Å². The molecule has 0 unspecified atom stereocenters. The number of aromatic nitrogens is 5. The number of nitrogens with zero attached hydrogens (tertiary/aromatic N) is 6. The number of carbonyl (C=O) groups is 2. The first-order valence-electron chi connectivity index (χ1n) is 15.0. The van der Waals surface area contributed by atoms with Gasteiger partial charge >= 0.3 is 6.09 Å². The number of nitrogens with one attached hydrogen (secondary N) is 1. The van der Waals surface area contributed by atoms with Gasteiger partial charge in [0.05, 0.1) is 17.9 Å². The summed E-state index contributed by atoms with van der Waals surface area (Å²) in [5, 5.41) is 15.6. The highest BCUT2D eigenvalue weighted by atomic mass is 19.1. The number of rotatable bonds is 6. The highest BCUT2D eigenvalue weighted by Crippen LogP contribution is 2.34. The molecule has 2 aromatic carbocycles. The maximum absolute atomic E-state index is 14.8. The molecule has 4 aromatic rings. The zero-order valence-electron chi connectivity index (χ0n) is 27.1. The van der Waals surface area contributed by atoms with Gasteiger partial charge in [0.1, 0.15) is 28.4 Å². The summed E-state index contributed by atoms with van der Waals surface area (Å²) >= 11 is 0. The number of ether oxygens (including phenoxy) is 2. The van der Waals surface area contributed by atoms with Crippen LogP contribution >= 0.6 is 0 Å². The van der Waals surface area contributed by atoms with Gasteiger partial charge in [-0.25, -0.2) is 18.5 Å². The van der Waals surface area contributed by atoms with Crippen molar-refractivity contribution in [2.45, 2.75) is 73.0 Å². The Morgan fingerprint density at radius 3 is 2.44 bits per heavy atom. The number of hydrogen-bond donors (Lipinski definition) is 1. The van der Waals surface area contributed by atoms with Crippen molar-refractivity contribution in [3.63, 3.8) is 0 Å². The molecule has 1 fully saturated rings. The van der Waals surface area contributed by atoms with Crippen LogP contribution in [0, 0.1) is 33.5 Å². The molecule has 238 valence electrons. The molecule has 3 heterocycles. The van der Waals surface area contributed by atoms with Crippen molar-refractivity contribution in [3.8, 4) is 22.9 Å². The van der Waals surface area contributed by atoms with E-state index in [1.807, 2.05) is 38.7 Å². The molecule has 12 heteroatoms. The van der Waals surface area contributed by atoms with Crippen molar-refractivity contribution in [1.29, 1.82) is 0 Å². The van der Waals surface area contributed by atoms with Gasteiger partial charge in [-0.05, 0) is 102 Å². The molecular weight excluding hydrogens is 577 g/mol. The number of amides is 2. The number of carbonyl (C=O) groups excluding carboxylic acids is 2. The average molecular weight is 618 g/mol. The molecule has 2 amide bonds. The molecule has 2 aromatic heterocycles. The summed E-state index contributed by atoms with van der Waals surface area (Å²) in [4.78, 5) is 27.8. The third-order valence-electron chi connectivity index (χ3n) is 7.88. The predicted molar refractivity (Wildman–Crippen MR) is 168 cm³/mol. The Balaban J connectivity index is 1.27. The highest BCUT2D eigenvalue weighted by Gasteiger charge is 2.31. The molecule has 0 spiro atoms. The van der Waals surface area contributed by atoms with Crippen LogP contribution < -0.4 is 10.1 Å². The van der Waals surface area contributed by atoms with Gasteiger partial charge in [0, 0.05) is 31.4 Å². The standard InChI is InChI=1S/C33H40FN7O4/c1-19-15-20(2)21(3)28(16-19)44-31-29(22(4)37-39(31)8)30(42)40-13-11-24(12-14-40)41-18-27(36-38-41)25-17-23(9-10-26(25)34)35-32(43)45-33(5,6)7/h9-10,15-18,24H,11-14H2,1-8H3,(H,35,43). The molecular formula is C33H40FN7O4. The van der Waals surface area contributed by atoms with Gasteiger partial charge in [0.15, 0.2) is 0 Å². The van der Waals surface area contributed by atoms with E-state index in [9.17, 15) is 14.0 Å². The Labute approximate surface area is 262 Å². The molecule has 45 heavy (non-hydrogen) atoms. The Bertz CT molecular complexity index is 1750. The topological polar surface area (TPSA) is 116 Å². The fraction of sp³-hybridized carbons (Fsp3) is 0.424. The zero-order valence-corrected chi connectivity index (χ0v) is 27.1. The van der Waals surface area contributed by atoms with Crippen molar-refractivity contribution in [2.75, 3.05) is 18.4 Å². The average Bonchev–Trinajstić information content (AvgIpc) is 3.55. The van der Waals surface area contributed by atoms with Gasteiger partial charge in [0.2, 0.25) is 5.88 Å². The molecule has 1 aliphatic heterocycles. The first-order chi connectivity index (χ1) is 21.2. The Morgan fingerprint density at radius 1 is 1.04 bits per heavy atom. The van der Waals surface area contributed by atoms with Crippen LogP contribution in [0.5, 0.6) is 11.6 Å². The Kier molecular flexibility index (Phi) is 8.68. The van der Waals surface area contributed by atoms with Gasteiger partial charge in [-0.1, -0.05) is 11.3 Å². The van der Waals surface area contributed by atoms with Gasteiger partial charge in [-0.2, -0.15) is 5.10 Å². The van der Waals surface area contributed by atoms with Crippen molar-refractivity contribution >= 4 is 17.7 Å². The lowest BCUT2D eigenvalue weighted by Gasteiger charge is -2.32. The van der Waals surface area contributed by atoms with Gasteiger partial charge in [-0.3, -0.25) is 10.1 Å². The van der Waals surface area contributed by atoms with E-state index in [2.05, 4.69) is 26.8 Å². The molecule has 5 rings (SSSR count). The summed E-state index contributed by atoms with van der Waals surface area (Å²) in [6.45, 7) is 14.2. The molecule has 1 N–H and O–H groups in total. The van der Waals surface area contributed by atoms with E-state index < -0.39 is 17.5 Å². The van der Waals surface area contributed by atoms with Crippen molar-refractivity contribution < 1.29 is 23.5 Å². The normalized spacial score (nSPS) is 14.0. The van der Waals surface area contributed by atoms with Crippen molar-refractivity contribution in [3.05, 3.63) is 70.3 Å². The molecule has 0 bridgehead atoms. The Hall–Kier alpha value is -4.74. The van der Waals surface area contributed by atoms with Gasteiger partial charge in [0.25, 0.3) is 5.91 Å². The van der Waals surface area contributed by atoms with Crippen LogP contribution in [0.15, 0.2) is 36.5 Å². The largest absolute Gasteiger partial charge is 0.444 e. The van der Waals surface area contributed by atoms with Crippen LogP contribution in [0.4, 0.5) is 14.9 Å². The van der Waals surface area contributed by atoms with Crippen LogP contribution in [-0.4, -0.2) is 60.4 Å². The number of benzene rings is 2. The van der Waals surface area contributed by atoms with E-state index in [1.165, 1.54) is 18.2 Å².